The third-order valence-electron chi connectivity index (χ3n) is 2.51. The molecule has 2 heterocycles. The molecule has 0 unspecified atom stereocenters. The van der Waals surface area contributed by atoms with E-state index in [4.69, 9.17) is 16.4 Å². The van der Waals surface area contributed by atoms with Gasteiger partial charge in [0.15, 0.2) is 5.49 Å². The fourth-order valence-electron chi connectivity index (χ4n) is 1.49. The number of hydrogen-bond donors (Lipinski definition) is 3. The van der Waals surface area contributed by atoms with Crippen molar-refractivity contribution >= 4 is 12.3 Å². The second-order valence-electron chi connectivity index (χ2n) is 3.68. The minimum atomic E-state index is 0.00785. The van der Waals surface area contributed by atoms with Gasteiger partial charge in [-0.05, 0) is 30.2 Å². The summed E-state index contributed by atoms with van der Waals surface area (Å²) in [5, 5.41) is 16.8. The molecule has 0 aromatic carbocycles. The summed E-state index contributed by atoms with van der Waals surface area (Å²) in [7, 11) is 0. The molecule has 6 heteroatoms. The molecule has 6 nitrogen and oxygen atoms in total. The second kappa shape index (κ2) is 5.13. The molecule has 0 aliphatic rings. The first-order chi connectivity index (χ1) is 8.72. The van der Waals surface area contributed by atoms with Crippen molar-refractivity contribution in [2.24, 2.45) is 0 Å². The van der Waals surface area contributed by atoms with E-state index >= 15 is 0 Å². The highest BCUT2D eigenvalue weighted by Crippen LogP contribution is 1.96. The van der Waals surface area contributed by atoms with Gasteiger partial charge in [0, 0.05) is 18.6 Å². The molecule has 0 saturated heterocycles. The van der Waals surface area contributed by atoms with Crippen LogP contribution in [0.2, 0.25) is 0 Å². The summed E-state index contributed by atoms with van der Waals surface area (Å²) in [5.41, 5.74) is 1.56. The van der Waals surface area contributed by atoms with Crippen LogP contribution in [0, 0.1) is 5.41 Å². The Hall–Kier alpha value is -2.63. The molecule has 0 saturated carbocycles. The molecular formula is C12H13N5O. The predicted octanol–water partition coefficient (Wildman–Crippen LogP) is -1.21. The fourth-order valence-corrected chi connectivity index (χ4v) is 1.49. The molecule has 0 aliphatic carbocycles. The smallest absolute Gasteiger partial charge is 0.157 e. The number of rotatable bonds is 2. The van der Waals surface area contributed by atoms with Crippen LogP contribution >= 0.6 is 0 Å². The summed E-state index contributed by atoms with van der Waals surface area (Å²) in [5.74, 6) is 5.72. The number of pyridine rings is 1. The molecule has 0 bridgehead atoms. The Labute approximate surface area is 103 Å². The summed E-state index contributed by atoms with van der Waals surface area (Å²) in [4.78, 5) is 8.01. The number of hydrogen-bond acceptors (Lipinski definition) is 5. The van der Waals surface area contributed by atoms with E-state index in [-0.39, 0.29) is 10.7 Å². The Morgan fingerprint density at radius 3 is 2.78 bits per heavy atom. The van der Waals surface area contributed by atoms with Gasteiger partial charge >= 0.3 is 0 Å². The van der Waals surface area contributed by atoms with Crippen LogP contribution in [0.5, 0.6) is 0 Å². The molecule has 92 valence electrons. The van der Waals surface area contributed by atoms with Gasteiger partial charge in [-0.25, -0.2) is 9.66 Å². The Bertz CT molecular complexity index is 705. The van der Waals surface area contributed by atoms with Gasteiger partial charge in [0.1, 0.15) is 5.48 Å². The van der Waals surface area contributed by atoms with Gasteiger partial charge in [-0.3, -0.25) is 10.4 Å². The number of nitrogen functional groups attached to an aromatic ring is 1. The third kappa shape index (κ3) is 2.37. The van der Waals surface area contributed by atoms with Gasteiger partial charge in [0.2, 0.25) is 0 Å². The summed E-state index contributed by atoms with van der Waals surface area (Å²) in [6.45, 7) is 0. The average Bonchev–Trinajstić information content (AvgIpc) is 2.42. The molecule has 0 spiro atoms. The summed E-state index contributed by atoms with van der Waals surface area (Å²) >= 11 is 0. The lowest BCUT2D eigenvalue weighted by Gasteiger charge is -2.00. The minimum absolute atomic E-state index is 0.00785. The van der Waals surface area contributed by atoms with E-state index in [0.29, 0.717) is 11.9 Å². The Balaban J connectivity index is 2.41. The number of aliphatic hydroxyl groups excluding tert-OH is 1. The van der Waals surface area contributed by atoms with Crippen molar-refractivity contribution in [3.63, 3.8) is 0 Å². The number of nitrogens with one attached hydrogen (secondary N) is 1. The Morgan fingerprint density at radius 1 is 1.39 bits per heavy atom. The molecule has 18 heavy (non-hydrogen) atoms. The maximum Gasteiger partial charge on any atom is 0.157 e. The van der Waals surface area contributed by atoms with E-state index in [0.717, 1.165) is 16.5 Å². The van der Waals surface area contributed by atoms with E-state index in [9.17, 15) is 0 Å². The predicted molar refractivity (Wildman–Crippen MR) is 67.0 cm³/mol. The monoisotopic (exact) mass is 243 g/mol. The first-order valence-electron chi connectivity index (χ1n) is 5.33. The molecular weight excluding hydrogens is 230 g/mol. The zero-order valence-electron chi connectivity index (χ0n) is 9.61. The molecule has 2 aromatic rings. The molecule has 0 fully saturated rings. The Morgan fingerprint density at radius 2 is 2.11 bits per heavy atom. The van der Waals surface area contributed by atoms with E-state index < -0.39 is 0 Å². The first kappa shape index (κ1) is 11.8. The van der Waals surface area contributed by atoms with Crippen LogP contribution in [0.4, 0.5) is 0 Å². The number of nitrogens with zero attached hydrogens (tertiary/aromatic N) is 3. The van der Waals surface area contributed by atoms with Crippen molar-refractivity contribution in [3.8, 4) is 0 Å². The van der Waals surface area contributed by atoms with Crippen molar-refractivity contribution in [1.82, 2.24) is 14.6 Å². The summed E-state index contributed by atoms with van der Waals surface area (Å²) < 4.78 is 1.13. The SMILES string of the molecule is N=c1c(=CO)cn/c(=C/Cc2ccncc2)n1N. The lowest BCUT2D eigenvalue weighted by Crippen LogP contribution is -2.48. The van der Waals surface area contributed by atoms with Gasteiger partial charge in [0.05, 0.1) is 11.5 Å². The first-order valence-corrected chi connectivity index (χ1v) is 5.33. The van der Waals surface area contributed by atoms with Crippen molar-refractivity contribution in [2.45, 2.75) is 6.42 Å². The largest absolute Gasteiger partial charge is 0.515 e. The van der Waals surface area contributed by atoms with E-state index in [1.165, 1.54) is 6.20 Å². The lowest BCUT2D eigenvalue weighted by atomic mass is 10.2. The maximum absolute atomic E-state index is 8.87. The van der Waals surface area contributed by atoms with Crippen LogP contribution in [-0.4, -0.2) is 19.8 Å². The number of nitrogens with two attached hydrogens (primary N) is 1. The zero-order chi connectivity index (χ0) is 13.0. The van der Waals surface area contributed by atoms with Crippen molar-refractivity contribution in [3.05, 3.63) is 52.5 Å². The summed E-state index contributed by atoms with van der Waals surface area (Å²) in [6, 6.07) is 3.80. The fraction of sp³-hybridized carbons (Fsp3) is 0.0833. The summed E-state index contributed by atoms with van der Waals surface area (Å²) in [6.07, 6.45) is 8.11. The van der Waals surface area contributed by atoms with E-state index in [1.807, 2.05) is 18.2 Å². The number of aliphatic hydroxyl groups is 1. The standard InChI is InChI=1S/C12H13N5O/c13-12-10(8-18)7-16-11(17(12)14)2-1-9-3-5-15-6-4-9/h2-8,13,18H,1,14H2/b10-8?,11-2-,13-12?. The number of aromatic nitrogens is 3. The molecule has 0 radical (unpaired) electrons. The van der Waals surface area contributed by atoms with Crippen LogP contribution in [0.15, 0.2) is 30.7 Å². The van der Waals surface area contributed by atoms with E-state index in [2.05, 4.69) is 9.97 Å². The van der Waals surface area contributed by atoms with Crippen LogP contribution in [0.3, 0.4) is 0 Å². The van der Waals surface area contributed by atoms with Crippen LogP contribution in [-0.2, 0) is 6.42 Å². The topological polar surface area (TPSA) is 101 Å². The second-order valence-corrected chi connectivity index (χ2v) is 3.68. The molecule has 0 amide bonds. The normalized spacial score (nSPS) is 12.9. The van der Waals surface area contributed by atoms with Crippen LogP contribution < -0.4 is 22.0 Å². The van der Waals surface area contributed by atoms with Gasteiger partial charge in [-0.1, -0.05) is 0 Å². The highest BCUT2D eigenvalue weighted by Gasteiger charge is 1.94. The van der Waals surface area contributed by atoms with Gasteiger partial charge in [-0.2, -0.15) is 0 Å². The van der Waals surface area contributed by atoms with Gasteiger partial charge < -0.3 is 10.9 Å². The highest BCUT2D eigenvalue weighted by molar-refractivity contribution is 5.27. The molecule has 2 rings (SSSR count). The van der Waals surface area contributed by atoms with Gasteiger partial charge in [-0.15, -0.1) is 0 Å². The van der Waals surface area contributed by atoms with Crippen LogP contribution in [0.1, 0.15) is 5.56 Å². The maximum atomic E-state index is 8.87. The van der Waals surface area contributed by atoms with Gasteiger partial charge in [0.25, 0.3) is 0 Å². The van der Waals surface area contributed by atoms with E-state index in [1.54, 1.807) is 12.4 Å². The van der Waals surface area contributed by atoms with Crippen molar-refractivity contribution < 1.29 is 5.11 Å². The highest BCUT2D eigenvalue weighted by atomic mass is 16.2. The van der Waals surface area contributed by atoms with Crippen molar-refractivity contribution in [2.75, 3.05) is 5.84 Å². The third-order valence-corrected chi connectivity index (χ3v) is 2.51. The van der Waals surface area contributed by atoms with Crippen LogP contribution in [0.25, 0.3) is 12.3 Å². The zero-order valence-corrected chi connectivity index (χ0v) is 9.61. The lowest BCUT2D eigenvalue weighted by molar-refractivity contribution is 0.537. The average molecular weight is 243 g/mol. The molecule has 4 N–H and O–H groups in total. The minimum Gasteiger partial charge on any atom is -0.515 e. The van der Waals surface area contributed by atoms with Crippen molar-refractivity contribution in [1.29, 1.82) is 5.41 Å². The quantitative estimate of drug-likeness (QED) is 0.576. The Kier molecular flexibility index (Phi) is 3.38. The molecule has 0 aliphatic heterocycles. The molecule has 0 atom stereocenters. The molecule has 2 aromatic heterocycles.